The summed E-state index contributed by atoms with van der Waals surface area (Å²) in [7, 11) is 0. The number of likely N-dealkylation sites (tertiary alicyclic amines) is 2. The second-order valence-electron chi connectivity index (χ2n) is 8.28. The van der Waals surface area contributed by atoms with Gasteiger partial charge in [-0.25, -0.2) is 0 Å². The highest BCUT2D eigenvalue weighted by molar-refractivity contribution is 5.79. The summed E-state index contributed by atoms with van der Waals surface area (Å²) < 4.78 is 0. The molecule has 1 aromatic carbocycles. The van der Waals surface area contributed by atoms with Gasteiger partial charge in [-0.05, 0) is 64.2 Å². The molecule has 1 N–H and O–H groups in total. The van der Waals surface area contributed by atoms with Crippen molar-refractivity contribution < 1.29 is 9.90 Å². The molecule has 5 heteroatoms. The lowest BCUT2D eigenvalue weighted by Gasteiger charge is -2.42. The van der Waals surface area contributed by atoms with E-state index in [2.05, 4.69) is 40.1 Å². The highest BCUT2D eigenvalue weighted by atomic mass is 16.3. The number of benzene rings is 1. The van der Waals surface area contributed by atoms with Crippen LogP contribution in [0.25, 0.3) is 0 Å². The maximum absolute atomic E-state index is 12.8. The minimum Gasteiger partial charge on any atom is -0.395 e. The van der Waals surface area contributed by atoms with Crippen LogP contribution in [0.4, 0.5) is 0 Å². The largest absolute Gasteiger partial charge is 0.395 e. The Bertz CT molecular complexity index is 587. The first-order chi connectivity index (χ1) is 13.7. The second-order valence-corrected chi connectivity index (χ2v) is 8.28. The van der Waals surface area contributed by atoms with Gasteiger partial charge in [-0.15, -0.1) is 0 Å². The van der Waals surface area contributed by atoms with Gasteiger partial charge < -0.3 is 14.9 Å². The minimum absolute atomic E-state index is 0.0530. The van der Waals surface area contributed by atoms with Crippen molar-refractivity contribution in [2.45, 2.75) is 45.1 Å². The van der Waals surface area contributed by atoms with Gasteiger partial charge in [-0.3, -0.25) is 9.69 Å². The van der Waals surface area contributed by atoms with Gasteiger partial charge in [0.2, 0.25) is 5.91 Å². The van der Waals surface area contributed by atoms with Gasteiger partial charge in [0.05, 0.1) is 12.5 Å². The number of likely N-dealkylation sites (N-methyl/N-ethyl adjacent to an activating group) is 1. The van der Waals surface area contributed by atoms with Crippen LogP contribution in [0.1, 0.15) is 38.2 Å². The molecule has 2 saturated heterocycles. The molecular formula is C23H37N3O2. The van der Waals surface area contributed by atoms with E-state index < -0.39 is 0 Å². The van der Waals surface area contributed by atoms with E-state index in [9.17, 15) is 9.90 Å². The quantitative estimate of drug-likeness (QED) is 0.743. The zero-order valence-corrected chi connectivity index (χ0v) is 17.4. The number of carbonyl (C=O) groups excluding carboxylic acids is 1. The molecule has 2 heterocycles. The second kappa shape index (κ2) is 10.9. The van der Waals surface area contributed by atoms with Crippen LogP contribution in [0.3, 0.4) is 0 Å². The average molecular weight is 388 g/mol. The van der Waals surface area contributed by atoms with Crippen LogP contribution in [0.2, 0.25) is 0 Å². The first-order valence-corrected chi connectivity index (χ1v) is 11.1. The molecule has 0 aromatic heterocycles. The molecule has 2 aliphatic rings. The van der Waals surface area contributed by atoms with Crippen molar-refractivity contribution in [2.24, 2.45) is 5.92 Å². The summed E-state index contributed by atoms with van der Waals surface area (Å²) in [6.45, 7) is 8.71. The van der Waals surface area contributed by atoms with Crippen LogP contribution in [-0.4, -0.2) is 84.2 Å². The summed E-state index contributed by atoms with van der Waals surface area (Å²) in [5.74, 6) is 0.345. The Labute approximate surface area is 170 Å². The van der Waals surface area contributed by atoms with E-state index in [4.69, 9.17) is 0 Å². The summed E-state index contributed by atoms with van der Waals surface area (Å²) in [4.78, 5) is 19.8. The standard InChI is InChI=1S/C23H37N3O2/c1-2-25(17-18-27)23(28)21-9-6-13-26(19-21)22-11-15-24(16-12-22)14-10-20-7-4-3-5-8-20/h3-5,7-8,21-22,27H,2,6,9-19H2,1H3. The smallest absolute Gasteiger partial charge is 0.227 e. The van der Waals surface area contributed by atoms with E-state index in [1.165, 1.54) is 18.4 Å². The molecule has 1 unspecified atom stereocenters. The summed E-state index contributed by atoms with van der Waals surface area (Å²) in [5.41, 5.74) is 1.42. The maximum atomic E-state index is 12.8. The summed E-state index contributed by atoms with van der Waals surface area (Å²) in [6.07, 6.45) is 5.66. The molecule has 3 rings (SSSR count). The number of carbonyl (C=O) groups is 1. The number of aliphatic hydroxyl groups is 1. The first-order valence-electron chi connectivity index (χ1n) is 11.1. The Balaban J connectivity index is 1.44. The molecule has 0 saturated carbocycles. The molecule has 5 nitrogen and oxygen atoms in total. The van der Waals surface area contributed by atoms with Crippen molar-refractivity contribution >= 4 is 5.91 Å². The molecule has 1 atom stereocenters. The zero-order valence-electron chi connectivity index (χ0n) is 17.4. The van der Waals surface area contributed by atoms with Gasteiger partial charge in [0.15, 0.2) is 0 Å². The third-order valence-electron chi connectivity index (χ3n) is 6.50. The van der Waals surface area contributed by atoms with E-state index in [1.54, 1.807) is 0 Å². The molecule has 0 radical (unpaired) electrons. The van der Waals surface area contributed by atoms with Crippen molar-refractivity contribution in [3.8, 4) is 0 Å². The van der Waals surface area contributed by atoms with Crippen molar-refractivity contribution in [3.63, 3.8) is 0 Å². The van der Waals surface area contributed by atoms with Crippen molar-refractivity contribution in [3.05, 3.63) is 35.9 Å². The van der Waals surface area contributed by atoms with Crippen LogP contribution in [0.15, 0.2) is 30.3 Å². The normalized spacial score (nSPS) is 22.3. The van der Waals surface area contributed by atoms with Gasteiger partial charge in [0, 0.05) is 32.2 Å². The Morgan fingerprint density at radius 2 is 1.89 bits per heavy atom. The fourth-order valence-corrected chi connectivity index (χ4v) is 4.78. The Morgan fingerprint density at radius 1 is 1.14 bits per heavy atom. The van der Waals surface area contributed by atoms with Gasteiger partial charge in [-0.2, -0.15) is 0 Å². The average Bonchev–Trinajstić information content (AvgIpc) is 2.77. The maximum Gasteiger partial charge on any atom is 0.227 e. The number of hydrogen-bond donors (Lipinski definition) is 1. The SMILES string of the molecule is CCN(CCO)C(=O)C1CCCN(C2CCN(CCc3ccccc3)CC2)C1. The van der Waals surface area contributed by atoms with Crippen LogP contribution in [-0.2, 0) is 11.2 Å². The predicted octanol–water partition coefficient (Wildman–Crippen LogP) is 2.25. The first kappa shape index (κ1) is 21.3. The molecule has 0 spiro atoms. The lowest BCUT2D eigenvalue weighted by molar-refractivity contribution is -0.138. The Morgan fingerprint density at radius 3 is 2.57 bits per heavy atom. The number of nitrogens with zero attached hydrogens (tertiary/aromatic N) is 3. The van der Waals surface area contributed by atoms with Crippen molar-refractivity contribution in [1.29, 1.82) is 0 Å². The van der Waals surface area contributed by atoms with Gasteiger partial charge in [0.1, 0.15) is 0 Å². The predicted molar refractivity (Wildman–Crippen MR) is 113 cm³/mol. The van der Waals surface area contributed by atoms with E-state index in [-0.39, 0.29) is 18.4 Å². The Kier molecular flexibility index (Phi) is 8.31. The van der Waals surface area contributed by atoms with E-state index in [1.807, 2.05) is 11.8 Å². The monoisotopic (exact) mass is 387 g/mol. The fraction of sp³-hybridized carbons (Fsp3) is 0.696. The number of amides is 1. The zero-order chi connectivity index (χ0) is 19.8. The molecular weight excluding hydrogens is 350 g/mol. The number of aliphatic hydroxyl groups excluding tert-OH is 1. The number of hydrogen-bond acceptors (Lipinski definition) is 4. The molecule has 28 heavy (non-hydrogen) atoms. The number of piperidine rings is 2. The lowest BCUT2D eigenvalue weighted by atomic mass is 9.92. The van der Waals surface area contributed by atoms with Gasteiger partial charge in [0.25, 0.3) is 0 Å². The van der Waals surface area contributed by atoms with Crippen LogP contribution in [0, 0.1) is 5.92 Å². The van der Waals surface area contributed by atoms with E-state index in [0.717, 1.165) is 52.0 Å². The summed E-state index contributed by atoms with van der Waals surface area (Å²) >= 11 is 0. The summed E-state index contributed by atoms with van der Waals surface area (Å²) in [6, 6.07) is 11.4. The van der Waals surface area contributed by atoms with Crippen LogP contribution < -0.4 is 0 Å². The summed E-state index contributed by atoms with van der Waals surface area (Å²) in [5, 5.41) is 9.20. The fourth-order valence-electron chi connectivity index (χ4n) is 4.78. The van der Waals surface area contributed by atoms with E-state index >= 15 is 0 Å². The highest BCUT2D eigenvalue weighted by Crippen LogP contribution is 2.25. The Hall–Kier alpha value is -1.43. The lowest BCUT2D eigenvalue weighted by Crippen LogP contribution is -2.51. The van der Waals surface area contributed by atoms with Crippen LogP contribution in [0.5, 0.6) is 0 Å². The van der Waals surface area contributed by atoms with Crippen molar-refractivity contribution in [1.82, 2.24) is 14.7 Å². The molecule has 1 amide bonds. The highest BCUT2D eigenvalue weighted by Gasteiger charge is 2.33. The molecule has 0 bridgehead atoms. The molecule has 156 valence electrons. The van der Waals surface area contributed by atoms with Crippen LogP contribution >= 0.6 is 0 Å². The molecule has 1 aromatic rings. The van der Waals surface area contributed by atoms with Gasteiger partial charge in [-0.1, -0.05) is 30.3 Å². The third-order valence-corrected chi connectivity index (χ3v) is 6.50. The minimum atomic E-state index is 0.0530. The van der Waals surface area contributed by atoms with E-state index in [0.29, 0.717) is 19.1 Å². The molecule has 2 aliphatic heterocycles. The third kappa shape index (κ3) is 5.79. The molecule has 2 fully saturated rings. The molecule has 0 aliphatic carbocycles. The number of rotatable bonds is 8. The van der Waals surface area contributed by atoms with Crippen molar-refractivity contribution in [2.75, 3.05) is 52.4 Å². The van der Waals surface area contributed by atoms with Gasteiger partial charge >= 0.3 is 0 Å². The topological polar surface area (TPSA) is 47.0 Å².